The lowest BCUT2D eigenvalue weighted by Gasteiger charge is -2.25. The van der Waals surface area contributed by atoms with Gasteiger partial charge in [0.25, 0.3) is 5.56 Å². The lowest BCUT2D eigenvalue weighted by molar-refractivity contribution is 0.346. The van der Waals surface area contributed by atoms with Gasteiger partial charge >= 0.3 is 5.69 Å². The maximum absolute atomic E-state index is 12.8. The lowest BCUT2D eigenvalue weighted by Crippen LogP contribution is -2.35. The number of nitrogens with zero attached hydrogens (tertiary/aromatic N) is 3. The lowest BCUT2D eigenvalue weighted by atomic mass is 10.1. The van der Waals surface area contributed by atoms with Gasteiger partial charge in [0.2, 0.25) is 15.9 Å². The SMILES string of the molecule is Cc1ccc(C)c(-n2c(O)c(C=Nc3ccc(S(=O)(=O)N4CCCCC4)cc3)c(=O)[nH]c2=O)c1. The molecule has 1 fully saturated rings. The monoisotopic (exact) mass is 482 g/mol. The van der Waals surface area contributed by atoms with Crippen LogP contribution in [0.4, 0.5) is 5.69 Å². The predicted octanol–water partition coefficient (Wildman–Crippen LogP) is 2.77. The highest BCUT2D eigenvalue weighted by Gasteiger charge is 2.25. The number of aromatic amines is 1. The van der Waals surface area contributed by atoms with Gasteiger partial charge in [-0.2, -0.15) is 4.31 Å². The van der Waals surface area contributed by atoms with E-state index in [2.05, 4.69) is 9.98 Å². The summed E-state index contributed by atoms with van der Waals surface area (Å²) < 4.78 is 28.1. The van der Waals surface area contributed by atoms with Crippen molar-refractivity contribution in [2.24, 2.45) is 4.99 Å². The molecule has 0 aliphatic carbocycles. The minimum atomic E-state index is -3.56. The van der Waals surface area contributed by atoms with Gasteiger partial charge in [-0.15, -0.1) is 0 Å². The van der Waals surface area contributed by atoms with Crippen molar-refractivity contribution in [1.29, 1.82) is 0 Å². The molecule has 0 unspecified atom stereocenters. The molecule has 1 saturated heterocycles. The van der Waals surface area contributed by atoms with Crippen molar-refractivity contribution < 1.29 is 13.5 Å². The van der Waals surface area contributed by atoms with Gasteiger partial charge in [-0.3, -0.25) is 14.8 Å². The Bertz CT molecular complexity index is 1460. The molecular formula is C24H26N4O5S. The summed E-state index contributed by atoms with van der Waals surface area (Å²) in [5.41, 5.74) is 0.723. The second-order valence-electron chi connectivity index (χ2n) is 8.34. The van der Waals surface area contributed by atoms with Crippen molar-refractivity contribution in [1.82, 2.24) is 13.9 Å². The summed E-state index contributed by atoms with van der Waals surface area (Å²) in [6.07, 6.45) is 3.89. The summed E-state index contributed by atoms with van der Waals surface area (Å²) in [6.45, 7) is 4.67. The number of benzene rings is 2. The number of aromatic hydroxyl groups is 1. The van der Waals surface area contributed by atoms with E-state index < -0.39 is 27.2 Å². The molecule has 34 heavy (non-hydrogen) atoms. The molecule has 2 N–H and O–H groups in total. The van der Waals surface area contributed by atoms with Crippen molar-refractivity contribution in [3.05, 3.63) is 80.0 Å². The van der Waals surface area contributed by atoms with Crippen LogP contribution in [-0.4, -0.2) is 46.7 Å². The second kappa shape index (κ2) is 9.40. The first-order chi connectivity index (χ1) is 16.2. The molecule has 0 radical (unpaired) electrons. The number of aliphatic imine (C=N–C) groups is 1. The van der Waals surface area contributed by atoms with Crippen LogP contribution in [0.25, 0.3) is 5.69 Å². The largest absolute Gasteiger partial charge is 0.493 e. The van der Waals surface area contributed by atoms with Gasteiger partial charge in [0, 0.05) is 19.3 Å². The summed E-state index contributed by atoms with van der Waals surface area (Å²) in [5.74, 6) is -0.532. The number of nitrogens with one attached hydrogen (secondary N) is 1. The average Bonchev–Trinajstić information content (AvgIpc) is 2.82. The molecule has 9 nitrogen and oxygen atoms in total. The molecule has 3 aromatic rings. The molecule has 0 saturated carbocycles. The van der Waals surface area contributed by atoms with E-state index in [0.29, 0.717) is 24.5 Å². The number of hydrogen-bond acceptors (Lipinski definition) is 6. The Labute approximate surface area is 197 Å². The second-order valence-corrected chi connectivity index (χ2v) is 10.3. The van der Waals surface area contributed by atoms with E-state index in [-0.39, 0.29) is 10.5 Å². The number of H-pyrrole nitrogens is 1. The third-order valence-electron chi connectivity index (χ3n) is 5.86. The minimum absolute atomic E-state index is 0.178. The third kappa shape index (κ3) is 4.59. The van der Waals surface area contributed by atoms with Gasteiger partial charge in [0.15, 0.2) is 0 Å². The average molecular weight is 483 g/mol. The Balaban J connectivity index is 1.66. The molecule has 1 aliphatic heterocycles. The third-order valence-corrected chi connectivity index (χ3v) is 7.77. The molecule has 2 heterocycles. The molecule has 10 heteroatoms. The van der Waals surface area contributed by atoms with Crippen molar-refractivity contribution in [2.75, 3.05) is 13.1 Å². The van der Waals surface area contributed by atoms with E-state index in [1.165, 1.54) is 28.6 Å². The van der Waals surface area contributed by atoms with Crippen LogP contribution in [-0.2, 0) is 10.0 Å². The van der Waals surface area contributed by atoms with Gasteiger partial charge < -0.3 is 5.11 Å². The Kier molecular flexibility index (Phi) is 6.54. The quantitative estimate of drug-likeness (QED) is 0.541. The number of piperidine rings is 1. The van der Waals surface area contributed by atoms with E-state index in [9.17, 15) is 23.1 Å². The highest BCUT2D eigenvalue weighted by molar-refractivity contribution is 7.89. The Hall–Kier alpha value is -3.50. The zero-order valence-electron chi connectivity index (χ0n) is 19.0. The zero-order valence-corrected chi connectivity index (χ0v) is 19.8. The molecule has 0 amide bonds. The highest BCUT2D eigenvalue weighted by Crippen LogP contribution is 2.24. The standard InChI is InChI=1S/C24H26N4O5S/c1-16-6-7-17(2)21(14-16)28-23(30)20(22(29)26-24(28)31)15-25-18-8-10-19(11-9-18)34(32,33)27-12-4-3-5-13-27/h6-11,14-15,30H,3-5,12-13H2,1-2H3,(H,26,29,31). The van der Waals surface area contributed by atoms with Crippen molar-refractivity contribution in [3.8, 4) is 11.6 Å². The van der Waals surface area contributed by atoms with Crippen LogP contribution in [0.1, 0.15) is 36.0 Å². The molecule has 0 spiro atoms. The van der Waals surface area contributed by atoms with E-state index >= 15 is 0 Å². The van der Waals surface area contributed by atoms with Crippen LogP contribution < -0.4 is 11.2 Å². The van der Waals surface area contributed by atoms with Crippen LogP contribution in [0.2, 0.25) is 0 Å². The molecular weight excluding hydrogens is 456 g/mol. The number of rotatable bonds is 5. The number of aromatic nitrogens is 2. The summed E-state index contributed by atoms with van der Waals surface area (Å²) in [5, 5.41) is 10.8. The highest BCUT2D eigenvalue weighted by atomic mass is 32.2. The predicted molar refractivity (Wildman–Crippen MR) is 130 cm³/mol. The summed E-state index contributed by atoms with van der Waals surface area (Å²) in [6, 6.07) is 11.4. The van der Waals surface area contributed by atoms with Crippen molar-refractivity contribution in [2.45, 2.75) is 38.0 Å². The molecule has 0 bridgehead atoms. The van der Waals surface area contributed by atoms with Crippen molar-refractivity contribution >= 4 is 21.9 Å². The molecule has 0 atom stereocenters. The Morgan fingerprint density at radius 1 is 1.00 bits per heavy atom. The maximum atomic E-state index is 12.8. The zero-order chi connectivity index (χ0) is 24.5. The number of hydrogen-bond donors (Lipinski definition) is 2. The summed E-state index contributed by atoms with van der Waals surface area (Å²) in [7, 11) is -3.56. The minimum Gasteiger partial charge on any atom is -0.493 e. The number of sulfonamides is 1. The first-order valence-electron chi connectivity index (χ1n) is 11.0. The van der Waals surface area contributed by atoms with E-state index in [1.807, 2.05) is 19.1 Å². The molecule has 2 aromatic carbocycles. The van der Waals surface area contributed by atoms with E-state index in [0.717, 1.165) is 41.2 Å². The summed E-state index contributed by atoms with van der Waals surface area (Å²) in [4.78, 5) is 31.4. The first-order valence-corrected chi connectivity index (χ1v) is 12.4. The van der Waals surface area contributed by atoms with Gasteiger partial charge in [-0.05, 0) is 68.1 Å². The van der Waals surface area contributed by atoms with Crippen molar-refractivity contribution in [3.63, 3.8) is 0 Å². The van der Waals surface area contributed by atoms with Crippen LogP contribution in [0.5, 0.6) is 5.88 Å². The first kappa shape index (κ1) is 23.7. The van der Waals surface area contributed by atoms with Crippen LogP contribution in [0.15, 0.2) is 61.9 Å². The molecule has 4 rings (SSSR count). The molecule has 178 valence electrons. The Morgan fingerprint density at radius 3 is 2.35 bits per heavy atom. The van der Waals surface area contributed by atoms with E-state index in [1.54, 1.807) is 13.0 Å². The fourth-order valence-corrected chi connectivity index (χ4v) is 5.45. The van der Waals surface area contributed by atoms with Crippen LogP contribution in [0, 0.1) is 13.8 Å². The smallest absolute Gasteiger partial charge is 0.335 e. The molecule has 1 aliphatic rings. The van der Waals surface area contributed by atoms with Gasteiger partial charge in [-0.25, -0.2) is 17.8 Å². The fourth-order valence-electron chi connectivity index (χ4n) is 3.94. The van der Waals surface area contributed by atoms with Gasteiger partial charge in [0.05, 0.1) is 16.3 Å². The summed E-state index contributed by atoms with van der Waals surface area (Å²) >= 11 is 0. The van der Waals surface area contributed by atoms with Gasteiger partial charge in [-0.1, -0.05) is 18.6 Å². The maximum Gasteiger partial charge on any atom is 0.335 e. The van der Waals surface area contributed by atoms with Crippen LogP contribution >= 0.6 is 0 Å². The topological polar surface area (TPSA) is 125 Å². The molecule has 1 aromatic heterocycles. The number of aryl methyl sites for hydroxylation is 2. The van der Waals surface area contributed by atoms with Gasteiger partial charge in [0.1, 0.15) is 5.56 Å². The Morgan fingerprint density at radius 2 is 1.68 bits per heavy atom. The van der Waals surface area contributed by atoms with E-state index in [4.69, 9.17) is 0 Å². The fraction of sp³-hybridized carbons (Fsp3) is 0.292. The normalized spacial score (nSPS) is 15.1. The van der Waals surface area contributed by atoms with Crippen LogP contribution in [0.3, 0.4) is 0 Å².